The molecular weight excluding hydrogens is 204 g/mol. The number of esters is 1. The molecule has 0 aliphatic carbocycles. The average molecular weight is 218 g/mol. The van der Waals surface area contributed by atoms with E-state index in [-0.39, 0.29) is 6.54 Å². The minimum Gasteiger partial charge on any atom is -0.480 e. The van der Waals surface area contributed by atoms with Crippen molar-refractivity contribution in [3.63, 3.8) is 0 Å². The lowest BCUT2D eigenvalue weighted by atomic mass is 10.5. The van der Waals surface area contributed by atoms with Crippen LogP contribution in [-0.2, 0) is 14.3 Å². The van der Waals surface area contributed by atoms with Crippen molar-refractivity contribution in [2.24, 2.45) is 0 Å². The Morgan fingerprint density at radius 1 is 1.40 bits per heavy atom. The lowest BCUT2D eigenvalue weighted by Gasteiger charge is -2.19. The quantitative estimate of drug-likeness (QED) is 0.593. The first kappa shape index (κ1) is 13.2. The number of carbonyl (C=O) groups excluding carboxylic acids is 2. The maximum atomic E-state index is 11.3. The molecule has 0 bridgehead atoms. The fourth-order valence-electron chi connectivity index (χ4n) is 0.811. The smallest absolute Gasteiger partial charge is 0.325 e. The largest absolute Gasteiger partial charge is 0.480 e. The van der Waals surface area contributed by atoms with Crippen LogP contribution >= 0.6 is 0 Å². The third kappa shape index (κ3) is 5.50. The van der Waals surface area contributed by atoms with Crippen molar-refractivity contribution >= 4 is 18.0 Å². The van der Waals surface area contributed by atoms with Gasteiger partial charge in [-0.3, -0.25) is 9.59 Å². The van der Waals surface area contributed by atoms with Crippen LogP contribution in [0.5, 0.6) is 0 Å². The number of hydrogen-bond acceptors (Lipinski definition) is 4. The lowest BCUT2D eigenvalue weighted by molar-refractivity contribution is -0.141. The first-order valence-corrected chi connectivity index (χ1v) is 4.32. The van der Waals surface area contributed by atoms with Crippen LogP contribution in [0.4, 0.5) is 4.79 Å². The van der Waals surface area contributed by atoms with Crippen LogP contribution in [0.3, 0.4) is 0 Å². The summed E-state index contributed by atoms with van der Waals surface area (Å²) in [4.78, 5) is 33.5. The predicted molar refractivity (Wildman–Crippen MR) is 50.3 cm³/mol. The summed E-state index contributed by atoms with van der Waals surface area (Å²) in [6.45, 7) is 1.29. The van der Waals surface area contributed by atoms with Gasteiger partial charge in [-0.15, -0.1) is 0 Å². The number of carboxylic acid groups (broad SMARTS) is 1. The van der Waals surface area contributed by atoms with Crippen molar-refractivity contribution in [2.45, 2.75) is 6.92 Å². The van der Waals surface area contributed by atoms with Crippen molar-refractivity contribution in [1.29, 1.82) is 0 Å². The van der Waals surface area contributed by atoms with Crippen LogP contribution in [0.15, 0.2) is 0 Å². The van der Waals surface area contributed by atoms with E-state index in [1.165, 1.54) is 7.11 Å². The van der Waals surface area contributed by atoms with Crippen molar-refractivity contribution < 1.29 is 24.2 Å². The number of amides is 2. The molecule has 0 heterocycles. The molecule has 0 aromatic heterocycles. The van der Waals surface area contributed by atoms with E-state index in [0.717, 1.165) is 4.90 Å². The van der Waals surface area contributed by atoms with E-state index in [1.54, 1.807) is 6.92 Å². The number of ether oxygens (including phenoxy) is 1. The highest BCUT2D eigenvalue weighted by Crippen LogP contribution is 1.90. The molecule has 15 heavy (non-hydrogen) atoms. The van der Waals surface area contributed by atoms with Gasteiger partial charge in [0, 0.05) is 6.54 Å². The number of nitrogens with zero attached hydrogens (tertiary/aromatic N) is 1. The van der Waals surface area contributed by atoms with Crippen LogP contribution in [0, 0.1) is 0 Å². The van der Waals surface area contributed by atoms with Crippen LogP contribution in [0.2, 0.25) is 0 Å². The van der Waals surface area contributed by atoms with E-state index in [2.05, 4.69) is 10.1 Å². The van der Waals surface area contributed by atoms with Crippen LogP contribution in [0.25, 0.3) is 0 Å². The molecule has 0 radical (unpaired) electrons. The number of aliphatic carboxylic acids is 1. The Morgan fingerprint density at radius 3 is 2.40 bits per heavy atom. The zero-order chi connectivity index (χ0) is 11.8. The average Bonchev–Trinajstić information content (AvgIpc) is 2.21. The zero-order valence-electron chi connectivity index (χ0n) is 8.65. The minimum atomic E-state index is -1.14. The van der Waals surface area contributed by atoms with E-state index in [4.69, 9.17) is 5.11 Å². The van der Waals surface area contributed by atoms with Crippen LogP contribution in [0.1, 0.15) is 6.92 Å². The van der Waals surface area contributed by atoms with Gasteiger partial charge in [-0.1, -0.05) is 0 Å². The molecule has 0 aliphatic heterocycles. The maximum absolute atomic E-state index is 11.3. The Kier molecular flexibility index (Phi) is 5.84. The van der Waals surface area contributed by atoms with Gasteiger partial charge in [-0.05, 0) is 6.92 Å². The number of urea groups is 1. The molecule has 0 aromatic rings. The maximum Gasteiger partial charge on any atom is 0.325 e. The van der Waals surface area contributed by atoms with E-state index in [0.29, 0.717) is 6.54 Å². The van der Waals surface area contributed by atoms with Gasteiger partial charge in [0.2, 0.25) is 0 Å². The number of carbonyl (C=O) groups is 3. The fraction of sp³-hybridized carbons (Fsp3) is 0.625. The van der Waals surface area contributed by atoms with Gasteiger partial charge in [0.15, 0.2) is 0 Å². The Balaban J connectivity index is 4.10. The normalized spacial score (nSPS) is 9.20. The third-order valence-electron chi connectivity index (χ3n) is 1.61. The molecule has 0 spiro atoms. The van der Waals surface area contributed by atoms with Gasteiger partial charge >= 0.3 is 18.0 Å². The molecule has 2 amide bonds. The Labute approximate surface area is 87.0 Å². The Hall–Kier alpha value is -1.79. The molecular formula is C8H14N2O5. The molecule has 0 saturated carbocycles. The zero-order valence-corrected chi connectivity index (χ0v) is 8.65. The molecule has 0 saturated heterocycles. The monoisotopic (exact) mass is 218 g/mol. The van der Waals surface area contributed by atoms with Crippen LogP contribution in [-0.4, -0.2) is 54.7 Å². The first-order chi connectivity index (χ1) is 7.01. The highest BCUT2D eigenvalue weighted by molar-refractivity contribution is 5.83. The summed E-state index contributed by atoms with van der Waals surface area (Å²) in [6, 6.07) is -0.606. The van der Waals surface area contributed by atoms with Gasteiger partial charge < -0.3 is 20.1 Å². The van der Waals surface area contributed by atoms with E-state index in [9.17, 15) is 14.4 Å². The topological polar surface area (TPSA) is 95.9 Å². The molecule has 2 N–H and O–H groups in total. The molecule has 0 atom stereocenters. The summed E-state index contributed by atoms with van der Waals surface area (Å²) in [5, 5.41) is 10.5. The Morgan fingerprint density at radius 2 is 2.00 bits per heavy atom. The number of hydrogen-bond donors (Lipinski definition) is 2. The number of rotatable bonds is 5. The van der Waals surface area contributed by atoms with Crippen molar-refractivity contribution in [3.05, 3.63) is 0 Å². The van der Waals surface area contributed by atoms with Crippen molar-refractivity contribution in [2.75, 3.05) is 26.7 Å². The fourth-order valence-corrected chi connectivity index (χ4v) is 0.811. The number of carboxylic acids is 1. The summed E-state index contributed by atoms with van der Waals surface area (Å²) in [7, 11) is 1.21. The van der Waals surface area contributed by atoms with Gasteiger partial charge in [0.1, 0.15) is 13.1 Å². The second-order valence-corrected chi connectivity index (χ2v) is 2.64. The van der Waals surface area contributed by atoms with E-state index >= 15 is 0 Å². The summed E-state index contributed by atoms with van der Waals surface area (Å²) >= 11 is 0. The second kappa shape index (κ2) is 6.63. The van der Waals surface area contributed by atoms with Gasteiger partial charge in [0.05, 0.1) is 7.11 Å². The SMILES string of the molecule is CCN(CC(=O)OC)C(=O)NCC(=O)O. The van der Waals surface area contributed by atoms with Gasteiger partial charge in [-0.2, -0.15) is 0 Å². The number of nitrogens with one attached hydrogen (secondary N) is 1. The minimum absolute atomic E-state index is 0.196. The molecule has 0 fully saturated rings. The highest BCUT2D eigenvalue weighted by Gasteiger charge is 2.15. The summed E-state index contributed by atoms with van der Waals surface area (Å²) in [5.74, 6) is -1.69. The molecule has 7 nitrogen and oxygen atoms in total. The third-order valence-corrected chi connectivity index (χ3v) is 1.61. The van der Waals surface area contributed by atoms with Crippen molar-refractivity contribution in [1.82, 2.24) is 10.2 Å². The highest BCUT2D eigenvalue weighted by atomic mass is 16.5. The summed E-state index contributed by atoms with van der Waals surface area (Å²) in [5.41, 5.74) is 0. The molecule has 0 rings (SSSR count). The van der Waals surface area contributed by atoms with Crippen molar-refractivity contribution in [3.8, 4) is 0 Å². The Bertz CT molecular complexity index is 253. The second-order valence-electron chi connectivity index (χ2n) is 2.64. The van der Waals surface area contributed by atoms with Crippen LogP contribution < -0.4 is 5.32 Å². The lowest BCUT2D eigenvalue weighted by Crippen LogP contribution is -2.44. The summed E-state index contributed by atoms with van der Waals surface area (Å²) < 4.78 is 4.38. The molecule has 0 aliphatic rings. The van der Waals surface area contributed by atoms with Gasteiger partial charge in [0.25, 0.3) is 0 Å². The molecule has 7 heteroatoms. The first-order valence-electron chi connectivity index (χ1n) is 4.32. The number of methoxy groups -OCH3 is 1. The summed E-state index contributed by atoms with van der Waals surface area (Å²) in [6.07, 6.45) is 0. The number of likely N-dealkylation sites (N-methyl/N-ethyl adjacent to an activating group) is 1. The predicted octanol–water partition coefficient (Wildman–Crippen LogP) is -0.724. The molecule has 0 aromatic carbocycles. The van der Waals surface area contributed by atoms with E-state index < -0.39 is 24.5 Å². The standard InChI is InChI=1S/C8H14N2O5/c1-3-10(5-7(13)15-2)8(14)9-4-6(11)12/h3-5H2,1-2H3,(H,9,14)(H,11,12). The van der Waals surface area contributed by atoms with Gasteiger partial charge in [-0.25, -0.2) is 4.79 Å². The molecule has 0 unspecified atom stereocenters. The van der Waals surface area contributed by atoms with E-state index in [1.807, 2.05) is 0 Å². The molecule has 86 valence electrons.